The Morgan fingerprint density at radius 2 is 2.00 bits per heavy atom. The van der Waals surface area contributed by atoms with E-state index in [0.29, 0.717) is 12.5 Å². The molecule has 0 saturated heterocycles. The summed E-state index contributed by atoms with van der Waals surface area (Å²) in [6.45, 7) is 2.34. The van der Waals surface area contributed by atoms with Crippen molar-refractivity contribution in [3.05, 3.63) is 47.5 Å². The maximum absolute atomic E-state index is 12.4. The van der Waals surface area contributed by atoms with Gasteiger partial charge in [-0.25, -0.2) is 0 Å². The molecule has 1 aromatic rings. The van der Waals surface area contributed by atoms with Crippen LogP contribution in [-0.4, -0.2) is 42.9 Å². The van der Waals surface area contributed by atoms with Gasteiger partial charge in [0.15, 0.2) is 5.96 Å². The van der Waals surface area contributed by atoms with E-state index in [4.69, 9.17) is 0 Å². The molecule has 1 amide bonds. The van der Waals surface area contributed by atoms with Gasteiger partial charge in [0.1, 0.15) is 0 Å². The van der Waals surface area contributed by atoms with E-state index in [1.807, 2.05) is 4.90 Å². The zero-order valence-electron chi connectivity index (χ0n) is 15.0. The lowest BCUT2D eigenvalue weighted by Crippen LogP contribution is -2.43. The first kappa shape index (κ1) is 17.5. The zero-order chi connectivity index (χ0) is 17.5. The molecule has 0 unspecified atom stereocenters. The molecular weight excluding hydrogens is 312 g/mol. The number of nitrogens with zero attached hydrogens (tertiary/aromatic N) is 2. The van der Waals surface area contributed by atoms with Crippen LogP contribution in [0.1, 0.15) is 36.8 Å². The minimum atomic E-state index is 0.249. The third-order valence-corrected chi connectivity index (χ3v) is 4.92. The maximum Gasteiger partial charge on any atom is 0.222 e. The van der Waals surface area contributed by atoms with Crippen molar-refractivity contribution >= 4 is 11.9 Å². The third kappa shape index (κ3) is 4.84. The first-order valence-electron chi connectivity index (χ1n) is 9.23. The molecule has 5 heteroatoms. The normalized spacial score (nSPS) is 17.5. The molecule has 0 radical (unpaired) electrons. The standard InChI is InChI=1S/C20H28N4O/c1-21-20(23-18-9-4-5-10-18)22-13-6-11-19(25)24-14-12-16-7-2-3-8-17(16)15-24/h2-5,7-8,18H,6,9-15H2,1H3,(H2,21,22,23). The van der Waals surface area contributed by atoms with E-state index in [-0.39, 0.29) is 5.91 Å². The molecule has 1 heterocycles. The number of nitrogens with one attached hydrogen (secondary N) is 2. The van der Waals surface area contributed by atoms with Crippen LogP contribution in [0.15, 0.2) is 41.4 Å². The fourth-order valence-corrected chi connectivity index (χ4v) is 3.44. The fraction of sp³-hybridized carbons (Fsp3) is 0.500. The molecule has 1 aliphatic heterocycles. The molecular formula is C20H28N4O. The van der Waals surface area contributed by atoms with Gasteiger partial charge in [0, 0.05) is 39.1 Å². The summed E-state index contributed by atoms with van der Waals surface area (Å²) >= 11 is 0. The SMILES string of the molecule is CN=C(NCCCC(=O)N1CCc2ccccc2C1)NC1CC=CC1. The number of carbonyl (C=O) groups excluding carboxylic acids is 1. The number of fused-ring (bicyclic) bond motifs is 1. The maximum atomic E-state index is 12.4. The van der Waals surface area contributed by atoms with E-state index < -0.39 is 0 Å². The number of guanidine groups is 1. The lowest BCUT2D eigenvalue weighted by Gasteiger charge is -2.29. The number of amides is 1. The van der Waals surface area contributed by atoms with Gasteiger partial charge in [0.05, 0.1) is 0 Å². The fourth-order valence-electron chi connectivity index (χ4n) is 3.44. The Bertz CT molecular complexity index is 645. The van der Waals surface area contributed by atoms with Gasteiger partial charge in [0.2, 0.25) is 5.91 Å². The molecule has 1 aliphatic carbocycles. The van der Waals surface area contributed by atoms with Crippen LogP contribution in [0.2, 0.25) is 0 Å². The predicted octanol–water partition coefficient (Wildman–Crippen LogP) is 2.24. The van der Waals surface area contributed by atoms with Gasteiger partial charge < -0.3 is 15.5 Å². The Hall–Kier alpha value is -2.30. The second kappa shape index (κ2) is 8.70. The summed E-state index contributed by atoms with van der Waals surface area (Å²) in [4.78, 5) is 18.7. The molecule has 0 spiro atoms. The van der Waals surface area contributed by atoms with Gasteiger partial charge in [-0.1, -0.05) is 36.4 Å². The first-order valence-corrected chi connectivity index (χ1v) is 9.23. The number of benzene rings is 1. The summed E-state index contributed by atoms with van der Waals surface area (Å²) in [5.41, 5.74) is 2.67. The minimum absolute atomic E-state index is 0.249. The van der Waals surface area contributed by atoms with E-state index in [0.717, 1.165) is 51.3 Å². The van der Waals surface area contributed by atoms with Crippen LogP contribution < -0.4 is 10.6 Å². The molecule has 2 aliphatic rings. The highest BCUT2D eigenvalue weighted by atomic mass is 16.2. The van der Waals surface area contributed by atoms with Crippen LogP contribution in [0.5, 0.6) is 0 Å². The molecule has 0 fully saturated rings. The third-order valence-electron chi connectivity index (χ3n) is 4.92. The average Bonchev–Trinajstić information content (AvgIpc) is 3.16. The van der Waals surface area contributed by atoms with Crippen LogP contribution in [0.4, 0.5) is 0 Å². The summed E-state index contributed by atoms with van der Waals surface area (Å²) in [5.74, 6) is 1.08. The Balaban J connectivity index is 1.36. The second-order valence-corrected chi connectivity index (χ2v) is 6.72. The molecule has 0 bridgehead atoms. The predicted molar refractivity (Wildman–Crippen MR) is 101 cm³/mol. The van der Waals surface area contributed by atoms with Gasteiger partial charge in [-0.2, -0.15) is 0 Å². The Kier molecular flexibility index (Phi) is 6.09. The summed E-state index contributed by atoms with van der Waals surface area (Å²) in [5, 5.41) is 6.72. The number of hydrogen-bond acceptors (Lipinski definition) is 2. The Morgan fingerprint density at radius 3 is 2.76 bits per heavy atom. The Morgan fingerprint density at radius 1 is 1.24 bits per heavy atom. The van der Waals surface area contributed by atoms with Crippen LogP contribution >= 0.6 is 0 Å². The van der Waals surface area contributed by atoms with Crippen molar-refractivity contribution in [3.8, 4) is 0 Å². The second-order valence-electron chi connectivity index (χ2n) is 6.72. The highest BCUT2D eigenvalue weighted by Crippen LogP contribution is 2.19. The smallest absolute Gasteiger partial charge is 0.222 e. The summed E-state index contributed by atoms with van der Waals surface area (Å²) in [6.07, 6.45) is 8.86. The summed E-state index contributed by atoms with van der Waals surface area (Å²) < 4.78 is 0. The van der Waals surface area contributed by atoms with Crippen molar-refractivity contribution in [3.63, 3.8) is 0 Å². The monoisotopic (exact) mass is 340 g/mol. The van der Waals surface area contributed by atoms with E-state index >= 15 is 0 Å². The van der Waals surface area contributed by atoms with E-state index in [1.165, 1.54) is 11.1 Å². The molecule has 0 atom stereocenters. The van der Waals surface area contributed by atoms with E-state index in [1.54, 1.807) is 7.05 Å². The minimum Gasteiger partial charge on any atom is -0.356 e. The molecule has 5 nitrogen and oxygen atoms in total. The number of rotatable bonds is 5. The molecule has 2 N–H and O–H groups in total. The number of aliphatic imine (C=N–C) groups is 1. The molecule has 1 aromatic carbocycles. The average molecular weight is 340 g/mol. The van der Waals surface area contributed by atoms with Gasteiger partial charge in [-0.05, 0) is 36.8 Å². The van der Waals surface area contributed by atoms with Crippen molar-refractivity contribution in [1.82, 2.24) is 15.5 Å². The highest BCUT2D eigenvalue weighted by molar-refractivity contribution is 5.80. The van der Waals surface area contributed by atoms with Crippen molar-refractivity contribution in [2.24, 2.45) is 4.99 Å². The first-order chi connectivity index (χ1) is 12.3. The van der Waals surface area contributed by atoms with Crippen molar-refractivity contribution in [1.29, 1.82) is 0 Å². The van der Waals surface area contributed by atoms with Gasteiger partial charge in [-0.15, -0.1) is 0 Å². The summed E-state index contributed by atoms with van der Waals surface area (Å²) in [7, 11) is 1.79. The molecule has 134 valence electrons. The molecule has 0 saturated carbocycles. The lowest BCUT2D eigenvalue weighted by molar-refractivity contribution is -0.132. The van der Waals surface area contributed by atoms with Crippen molar-refractivity contribution in [2.45, 2.75) is 44.7 Å². The topological polar surface area (TPSA) is 56.7 Å². The summed E-state index contributed by atoms with van der Waals surface area (Å²) in [6, 6.07) is 8.87. The number of carbonyl (C=O) groups is 1. The van der Waals surface area contributed by atoms with E-state index in [9.17, 15) is 4.79 Å². The quantitative estimate of drug-likeness (QED) is 0.374. The van der Waals surface area contributed by atoms with Crippen LogP contribution in [-0.2, 0) is 17.8 Å². The van der Waals surface area contributed by atoms with Crippen molar-refractivity contribution in [2.75, 3.05) is 20.1 Å². The lowest BCUT2D eigenvalue weighted by atomic mass is 9.99. The number of hydrogen-bond donors (Lipinski definition) is 2. The van der Waals surface area contributed by atoms with Gasteiger partial charge in [-0.3, -0.25) is 9.79 Å². The van der Waals surface area contributed by atoms with Gasteiger partial charge in [0.25, 0.3) is 0 Å². The Labute approximate surface area is 150 Å². The highest BCUT2D eigenvalue weighted by Gasteiger charge is 2.19. The van der Waals surface area contributed by atoms with Crippen LogP contribution in [0, 0.1) is 0 Å². The largest absolute Gasteiger partial charge is 0.356 e. The van der Waals surface area contributed by atoms with Crippen LogP contribution in [0.25, 0.3) is 0 Å². The van der Waals surface area contributed by atoms with E-state index in [2.05, 4.69) is 52.0 Å². The zero-order valence-corrected chi connectivity index (χ0v) is 15.0. The molecule has 3 rings (SSSR count). The van der Waals surface area contributed by atoms with Gasteiger partial charge >= 0.3 is 0 Å². The van der Waals surface area contributed by atoms with Crippen LogP contribution in [0.3, 0.4) is 0 Å². The van der Waals surface area contributed by atoms with Crippen molar-refractivity contribution < 1.29 is 4.79 Å². The molecule has 25 heavy (non-hydrogen) atoms. The molecule has 0 aromatic heterocycles.